The highest BCUT2D eigenvalue weighted by atomic mass is 32.1. The summed E-state index contributed by atoms with van der Waals surface area (Å²) in [4.78, 5) is 5.42. The number of benzene rings is 2. The first kappa shape index (κ1) is 20.8. The number of aromatic hydroxyl groups is 1. The van der Waals surface area contributed by atoms with Crippen molar-refractivity contribution in [3.63, 3.8) is 0 Å². The normalized spacial score (nSPS) is 10.7. The summed E-state index contributed by atoms with van der Waals surface area (Å²) in [7, 11) is 3.50. The first-order chi connectivity index (χ1) is 14.0. The van der Waals surface area contributed by atoms with Crippen LogP contribution in [0.4, 0.5) is 0 Å². The minimum absolute atomic E-state index is 0.145. The van der Waals surface area contributed by atoms with Crippen LogP contribution < -0.4 is 14.8 Å². The molecule has 0 bridgehead atoms. The van der Waals surface area contributed by atoms with Crippen LogP contribution in [-0.2, 0) is 13.0 Å². The number of methoxy groups -OCH3 is 1. The second-order valence-corrected chi connectivity index (χ2v) is 7.07. The molecule has 1 heterocycles. The molecule has 0 aliphatic rings. The topological polar surface area (TPSA) is 69.8 Å². The van der Waals surface area contributed by atoms with E-state index in [1.165, 1.54) is 5.56 Å². The quantitative estimate of drug-likeness (QED) is 0.488. The van der Waals surface area contributed by atoms with Crippen LogP contribution in [0.5, 0.6) is 17.2 Å². The maximum atomic E-state index is 9.94. The van der Waals surface area contributed by atoms with Gasteiger partial charge in [-0.05, 0) is 67.0 Å². The second kappa shape index (κ2) is 9.52. The molecular formula is C22H27N3O3S. The van der Waals surface area contributed by atoms with Crippen LogP contribution in [-0.4, -0.2) is 47.4 Å². The van der Waals surface area contributed by atoms with Crippen molar-refractivity contribution in [2.75, 3.05) is 27.3 Å². The smallest absolute Gasteiger partial charge is 0.168 e. The van der Waals surface area contributed by atoms with Crippen molar-refractivity contribution in [2.24, 2.45) is 0 Å². The number of hydrogen-bond donors (Lipinski definition) is 3. The Morgan fingerprint density at radius 3 is 2.79 bits per heavy atom. The lowest BCUT2D eigenvalue weighted by Gasteiger charge is -2.25. The zero-order chi connectivity index (χ0) is 20.8. The zero-order valence-electron chi connectivity index (χ0n) is 17.0. The van der Waals surface area contributed by atoms with E-state index in [0.29, 0.717) is 24.0 Å². The van der Waals surface area contributed by atoms with Crippen molar-refractivity contribution in [1.82, 2.24) is 15.2 Å². The predicted molar refractivity (Wildman–Crippen MR) is 120 cm³/mol. The molecule has 3 rings (SSSR count). The Bertz CT molecular complexity index is 987. The second-order valence-electron chi connectivity index (χ2n) is 6.69. The van der Waals surface area contributed by atoms with E-state index in [9.17, 15) is 5.11 Å². The molecule has 0 atom stereocenters. The van der Waals surface area contributed by atoms with E-state index >= 15 is 0 Å². The maximum Gasteiger partial charge on any atom is 0.168 e. The summed E-state index contributed by atoms with van der Waals surface area (Å²) < 4.78 is 10.9. The van der Waals surface area contributed by atoms with Crippen LogP contribution in [0.2, 0.25) is 0 Å². The van der Waals surface area contributed by atoms with Gasteiger partial charge in [-0.3, -0.25) is 0 Å². The number of ether oxygens (including phenoxy) is 2. The Morgan fingerprint density at radius 1 is 1.24 bits per heavy atom. The van der Waals surface area contributed by atoms with E-state index in [2.05, 4.69) is 21.3 Å². The largest absolute Gasteiger partial charge is 0.504 e. The van der Waals surface area contributed by atoms with Gasteiger partial charge in [0.05, 0.1) is 13.7 Å². The van der Waals surface area contributed by atoms with Crippen LogP contribution >= 0.6 is 12.2 Å². The van der Waals surface area contributed by atoms with E-state index in [4.69, 9.17) is 21.7 Å². The number of nitrogens with one attached hydrogen (secondary N) is 2. The number of hydrogen-bond acceptors (Lipinski definition) is 4. The molecule has 3 N–H and O–H groups in total. The third-order valence-electron chi connectivity index (χ3n) is 4.82. The molecule has 0 amide bonds. The Balaban J connectivity index is 1.77. The van der Waals surface area contributed by atoms with Gasteiger partial charge in [-0.1, -0.05) is 6.07 Å². The molecule has 0 aliphatic carbocycles. The number of rotatable bonds is 8. The molecule has 0 fully saturated rings. The molecule has 7 heteroatoms. The van der Waals surface area contributed by atoms with E-state index in [1.54, 1.807) is 13.2 Å². The minimum atomic E-state index is 0.145. The molecule has 0 unspecified atom stereocenters. The number of aromatic amines is 1. The van der Waals surface area contributed by atoms with Crippen LogP contribution in [0.1, 0.15) is 18.1 Å². The summed E-state index contributed by atoms with van der Waals surface area (Å²) in [5.41, 5.74) is 3.32. The summed E-state index contributed by atoms with van der Waals surface area (Å²) in [6.07, 6.45) is 2.86. The highest BCUT2D eigenvalue weighted by Gasteiger charge is 2.13. The highest BCUT2D eigenvalue weighted by molar-refractivity contribution is 7.80. The Kier molecular flexibility index (Phi) is 6.82. The van der Waals surface area contributed by atoms with Gasteiger partial charge in [-0.2, -0.15) is 0 Å². The van der Waals surface area contributed by atoms with Crippen molar-refractivity contribution in [3.05, 3.63) is 53.7 Å². The summed E-state index contributed by atoms with van der Waals surface area (Å²) in [6.45, 7) is 3.75. The Hall–Kier alpha value is -2.93. The molecule has 3 aromatic rings. The third-order valence-corrected chi connectivity index (χ3v) is 5.29. The standard InChI is InChI=1S/C22H27N3O3S/c1-4-28-21-11-15(5-8-20(21)26)14-25(22(29)23-2)10-9-16-13-24-19-7-6-17(27-3)12-18(16)19/h5-8,11-13,24,26H,4,9-10,14H2,1-3H3,(H,23,29). The molecule has 0 saturated heterocycles. The van der Waals surface area contributed by atoms with Crippen molar-refractivity contribution >= 4 is 28.2 Å². The van der Waals surface area contributed by atoms with Crippen molar-refractivity contribution in [2.45, 2.75) is 19.9 Å². The molecule has 0 aliphatic heterocycles. The molecule has 6 nitrogen and oxygen atoms in total. The monoisotopic (exact) mass is 413 g/mol. The van der Waals surface area contributed by atoms with E-state index in [0.717, 1.165) is 35.2 Å². The zero-order valence-corrected chi connectivity index (χ0v) is 17.8. The molecule has 0 saturated carbocycles. The average Bonchev–Trinajstić information content (AvgIpc) is 3.15. The van der Waals surface area contributed by atoms with Gasteiger partial charge in [-0.15, -0.1) is 0 Å². The number of aromatic nitrogens is 1. The fraction of sp³-hybridized carbons (Fsp3) is 0.318. The van der Waals surface area contributed by atoms with Crippen molar-refractivity contribution < 1.29 is 14.6 Å². The lowest BCUT2D eigenvalue weighted by molar-refractivity contribution is 0.317. The average molecular weight is 414 g/mol. The van der Waals surface area contributed by atoms with Crippen LogP contribution in [0.3, 0.4) is 0 Å². The fourth-order valence-electron chi connectivity index (χ4n) is 3.31. The number of H-pyrrole nitrogens is 1. The van der Waals surface area contributed by atoms with E-state index < -0.39 is 0 Å². The lowest BCUT2D eigenvalue weighted by atomic mass is 10.1. The van der Waals surface area contributed by atoms with Crippen molar-refractivity contribution in [1.29, 1.82) is 0 Å². The van der Waals surface area contributed by atoms with Crippen LogP contribution in [0.25, 0.3) is 10.9 Å². The van der Waals surface area contributed by atoms with Gasteiger partial charge in [0.2, 0.25) is 0 Å². The Labute approximate surface area is 176 Å². The summed E-state index contributed by atoms with van der Waals surface area (Å²) >= 11 is 5.52. The number of nitrogens with zero attached hydrogens (tertiary/aromatic N) is 1. The highest BCUT2D eigenvalue weighted by Crippen LogP contribution is 2.28. The number of phenolic OH excluding ortho intramolecular Hbond substituents is 1. The van der Waals surface area contributed by atoms with Gasteiger partial charge in [0, 0.05) is 37.2 Å². The number of thiocarbonyl (C=S) groups is 1. The first-order valence-electron chi connectivity index (χ1n) is 9.61. The van der Waals surface area contributed by atoms with E-state index in [-0.39, 0.29) is 5.75 Å². The minimum Gasteiger partial charge on any atom is -0.504 e. The summed E-state index contributed by atoms with van der Waals surface area (Å²) in [6, 6.07) is 11.4. The fourth-order valence-corrected chi connectivity index (χ4v) is 3.46. The van der Waals surface area contributed by atoms with Gasteiger partial charge in [0.1, 0.15) is 5.75 Å². The van der Waals surface area contributed by atoms with Crippen LogP contribution in [0, 0.1) is 0 Å². The van der Waals surface area contributed by atoms with Gasteiger partial charge >= 0.3 is 0 Å². The van der Waals surface area contributed by atoms with Crippen LogP contribution in [0.15, 0.2) is 42.6 Å². The molecule has 2 aromatic carbocycles. The maximum absolute atomic E-state index is 9.94. The summed E-state index contributed by atoms with van der Waals surface area (Å²) in [5.74, 6) is 1.48. The molecule has 1 aromatic heterocycles. The number of fused-ring (bicyclic) bond motifs is 1. The predicted octanol–water partition coefficient (Wildman–Crippen LogP) is 3.83. The van der Waals surface area contributed by atoms with Crippen molar-refractivity contribution in [3.8, 4) is 17.2 Å². The van der Waals surface area contributed by atoms with Gasteiger partial charge in [-0.25, -0.2) is 0 Å². The van der Waals surface area contributed by atoms with E-state index in [1.807, 2.05) is 44.4 Å². The lowest BCUT2D eigenvalue weighted by Crippen LogP contribution is -2.38. The molecule has 29 heavy (non-hydrogen) atoms. The van der Waals surface area contributed by atoms with Gasteiger partial charge in [0.15, 0.2) is 16.6 Å². The SMILES string of the molecule is CCOc1cc(CN(CCc2c[nH]c3ccc(OC)cc23)C(=S)NC)ccc1O. The third kappa shape index (κ3) is 4.92. The molecule has 0 radical (unpaired) electrons. The number of phenols is 1. The summed E-state index contributed by atoms with van der Waals surface area (Å²) in [5, 5.41) is 14.8. The molecule has 154 valence electrons. The van der Waals surface area contributed by atoms with Gasteiger partial charge in [0.25, 0.3) is 0 Å². The van der Waals surface area contributed by atoms with Gasteiger partial charge < -0.3 is 29.8 Å². The first-order valence-corrected chi connectivity index (χ1v) is 10.0. The molecule has 0 spiro atoms. The Morgan fingerprint density at radius 2 is 2.07 bits per heavy atom. The molecular weight excluding hydrogens is 386 g/mol.